The Bertz CT molecular complexity index is 746. The van der Waals surface area contributed by atoms with Crippen LogP contribution in [-0.2, 0) is 0 Å². The molecule has 0 spiro atoms. The number of benzene rings is 1. The first-order chi connectivity index (χ1) is 10.0. The first-order valence-corrected chi connectivity index (χ1v) is 6.03. The third kappa shape index (κ3) is 3.27. The van der Waals surface area contributed by atoms with Crippen LogP contribution in [0.15, 0.2) is 35.3 Å². The SMILES string of the molecule is Cc1ccc([N+](=O)[O-])cc1C(=N)N=Cc1ccc(C=O)[nH]1. The van der Waals surface area contributed by atoms with Gasteiger partial charge in [-0.05, 0) is 24.6 Å². The molecule has 0 aliphatic carbocycles. The number of aromatic amines is 1. The zero-order valence-corrected chi connectivity index (χ0v) is 11.2. The molecule has 2 rings (SSSR count). The highest BCUT2D eigenvalue weighted by atomic mass is 16.6. The van der Waals surface area contributed by atoms with Gasteiger partial charge < -0.3 is 4.98 Å². The lowest BCUT2D eigenvalue weighted by Crippen LogP contribution is -2.01. The number of aromatic nitrogens is 1. The largest absolute Gasteiger partial charge is 0.352 e. The third-order valence-electron chi connectivity index (χ3n) is 2.88. The van der Waals surface area contributed by atoms with Crippen molar-refractivity contribution in [1.82, 2.24) is 4.98 Å². The molecule has 7 heteroatoms. The summed E-state index contributed by atoms with van der Waals surface area (Å²) in [7, 11) is 0. The van der Waals surface area contributed by atoms with E-state index in [4.69, 9.17) is 5.41 Å². The van der Waals surface area contributed by atoms with Crippen LogP contribution in [0.3, 0.4) is 0 Å². The minimum absolute atomic E-state index is 0.0846. The van der Waals surface area contributed by atoms with Crippen LogP contribution in [0.5, 0.6) is 0 Å². The smallest absolute Gasteiger partial charge is 0.270 e. The minimum Gasteiger partial charge on any atom is -0.352 e. The molecule has 0 bridgehead atoms. The van der Waals surface area contributed by atoms with Crippen LogP contribution in [0, 0.1) is 22.4 Å². The van der Waals surface area contributed by atoms with E-state index in [1.807, 2.05) is 0 Å². The molecule has 0 fully saturated rings. The number of nitro benzene ring substituents is 1. The molecule has 0 saturated heterocycles. The number of nitro groups is 1. The highest BCUT2D eigenvalue weighted by Gasteiger charge is 2.11. The fourth-order valence-corrected chi connectivity index (χ4v) is 1.76. The van der Waals surface area contributed by atoms with E-state index in [1.165, 1.54) is 18.3 Å². The van der Waals surface area contributed by atoms with E-state index in [9.17, 15) is 14.9 Å². The Labute approximate surface area is 120 Å². The third-order valence-corrected chi connectivity index (χ3v) is 2.88. The maximum atomic E-state index is 10.8. The Morgan fingerprint density at radius 1 is 1.33 bits per heavy atom. The molecule has 0 aliphatic heterocycles. The van der Waals surface area contributed by atoms with Gasteiger partial charge in [0.15, 0.2) is 12.1 Å². The second-order valence-electron chi connectivity index (χ2n) is 4.35. The van der Waals surface area contributed by atoms with Crippen LogP contribution in [0.4, 0.5) is 5.69 Å². The van der Waals surface area contributed by atoms with Gasteiger partial charge in [0.05, 0.1) is 22.5 Å². The van der Waals surface area contributed by atoms with E-state index < -0.39 is 4.92 Å². The van der Waals surface area contributed by atoms with E-state index in [-0.39, 0.29) is 11.5 Å². The van der Waals surface area contributed by atoms with Crippen molar-refractivity contribution in [2.45, 2.75) is 6.92 Å². The molecule has 2 N–H and O–H groups in total. The molecular formula is C14H12N4O3. The van der Waals surface area contributed by atoms with Gasteiger partial charge in [0.2, 0.25) is 0 Å². The number of aliphatic imine (C=N–C) groups is 1. The fourth-order valence-electron chi connectivity index (χ4n) is 1.76. The van der Waals surface area contributed by atoms with Gasteiger partial charge in [0.1, 0.15) is 0 Å². The number of carbonyl (C=O) groups excluding carboxylic acids is 1. The van der Waals surface area contributed by atoms with Crippen LogP contribution < -0.4 is 0 Å². The van der Waals surface area contributed by atoms with Crippen molar-refractivity contribution >= 4 is 24.0 Å². The number of nitrogens with zero attached hydrogens (tertiary/aromatic N) is 2. The number of hydrogen-bond donors (Lipinski definition) is 2. The molecule has 1 aromatic carbocycles. The Hall–Kier alpha value is -3.09. The topological polar surface area (TPSA) is 112 Å². The van der Waals surface area contributed by atoms with Gasteiger partial charge in [0, 0.05) is 17.7 Å². The van der Waals surface area contributed by atoms with E-state index in [0.29, 0.717) is 23.2 Å². The van der Waals surface area contributed by atoms with Crippen molar-refractivity contribution in [3.8, 4) is 0 Å². The first kappa shape index (κ1) is 14.3. The number of carbonyl (C=O) groups is 1. The molecule has 0 atom stereocenters. The number of hydrogen-bond acceptors (Lipinski definition) is 4. The lowest BCUT2D eigenvalue weighted by atomic mass is 10.1. The van der Waals surface area contributed by atoms with Crippen molar-refractivity contribution in [2.75, 3.05) is 0 Å². The number of amidine groups is 1. The van der Waals surface area contributed by atoms with Crippen LogP contribution in [0.1, 0.15) is 27.3 Å². The zero-order valence-electron chi connectivity index (χ0n) is 11.2. The number of rotatable bonds is 4. The fraction of sp³-hybridized carbons (Fsp3) is 0.0714. The summed E-state index contributed by atoms with van der Waals surface area (Å²) in [5, 5.41) is 18.7. The Kier molecular flexibility index (Phi) is 4.03. The monoisotopic (exact) mass is 284 g/mol. The van der Waals surface area contributed by atoms with E-state index in [0.717, 1.165) is 5.56 Å². The average molecular weight is 284 g/mol. The van der Waals surface area contributed by atoms with Gasteiger partial charge in [-0.15, -0.1) is 0 Å². The molecule has 1 aromatic heterocycles. The maximum absolute atomic E-state index is 10.8. The summed E-state index contributed by atoms with van der Waals surface area (Å²) < 4.78 is 0. The zero-order chi connectivity index (χ0) is 15.4. The first-order valence-electron chi connectivity index (χ1n) is 6.03. The summed E-state index contributed by atoms with van der Waals surface area (Å²) >= 11 is 0. The molecule has 0 saturated carbocycles. The van der Waals surface area contributed by atoms with E-state index >= 15 is 0 Å². The van der Waals surface area contributed by atoms with Crippen molar-refractivity contribution in [2.24, 2.45) is 4.99 Å². The molecule has 2 aromatic rings. The van der Waals surface area contributed by atoms with Gasteiger partial charge in [-0.1, -0.05) is 6.07 Å². The van der Waals surface area contributed by atoms with E-state index in [2.05, 4.69) is 9.98 Å². The van der Waals surface area contributed by atoms with Crippen LogP contribution in [-0.4, -0.2) is 28.2 Å². The number of aldehydes is 1. The normalized spacial score (nSPS) is 10.7. The minimum atomic E-state index is -0.513. The molecule has 0 radical (unpaired) electrons. The predicted molar refractivity (Wildman–Crippen MR) is 78.4 cm³/mol. The molecule has 106 valence electrons. The second kappa shape index (κ2) is 5.91. The number of non-ortho nitro benzene ring substituents is 1. The Balaban J connectivity index is 2.25. The molecule has 0 aliphatic rings. The van der Waals surface area contributed by atoms with Crippen LogP contribution >= 0.6 is 0 Å². The van der Waals surface area contributed by atoms with Gasteiger partial charge in [-0.25, -0.2) is 4.99 Å². The predicted octanol–water partition coefficient (Wildman–Crippen LogP) is 2.49. The second-order valence-corrected chi connectivity index (χ2v) is 4.35. The average Bonchev–Trinajstić information content (AvgIpc) is 2.93. The number of nitrogens with one attached hydrogen (secondary N) is 2. The molecule has 1 heterocycles. The summed E-state index contributed by atoms with van der Waals surface area (Å²) in [5.74, 6) is -0.0848. The summed E-state index contributed by atoms with van der Waals surface area (Å²) in [4.78, 5) is 27.5. The lowest BCUT2D eigenvalue weighted by Gasteiger charge is -2.03. The Morgan fingerprint density at radius 3 is 2.67 bits per heavy atom. The standard InChI is InChI=1S/C14H12N4O3/c1-9-2-5-12(18(20)21)6-13(9)14(15)16-7-10-3-4-11(8-19)17-10/h2-8,15,17H,1H3. The summed E-state index contributed by atoms with van der Waals surface area (Å²) in [5.41, 5.74) is 2.02. The maximum Gasteiger partial charge on any atom is 0.270 e. The van der Waals surface area contributed by atoms with Crippen LogP contribution in [0.2, 0.25) is 0 Å². The molecular weight excluding hydrogens is 272 g/mol. The van der Waals surface area contributed by atoms with Crippen molar-refractivity contribution in [3.63, 3.8) is 0 Å². The summed E-state index contributed by atoms with van der Waals surface area (Å²) in [6.45, 7) is 1.75. The highest BCUT2D eigenvalue weighted by Crippen LogP contribution is 2.18. The number of aryl methyl sites for hydroxylation is 1. The van der Waals surface area contributed by atoms with Crippen LogP contribution in [0.25, 0.3) is 0 Å². The number of H-pyrrole nitrogens is 1. The van der Waals surface area contributed by atoms with Gasteiger partial charge >= 0.3 is 0 Å². The van der Waals surface area contributed by atoms with Gasteiger partial charge in [-0.2, -0.15) is 0 Å². The molecule has 0 unspecified atom stereocenters. The summed E-state index contributed by atoms with van der Waals surface area (Å²) in [6.07, 6.45) is 2.07. The molecule has 21 heavy (non-hydrogen) atoms. The highest BCUT2D eigenvalue weighted by molar-refractivity contribution is 6.04. The lowest BCUT2D eigenvalue weighted by molar-refractivity contribution is -0.384. The molecule has 7 nitrogen and oxygen atoms in total. The molecule has 0 amide bonds. The van der Waals surface area contributed by atoms with E-state index in [1.54, 1.807) is 25.1 Å². The van der Waals surface area contributed by atoms with Crippen molar-refractivity contribution in [3.05, 3.63) is 63.0 Å². The van der Waals surface area contributed by atoms with Gasteiger partial charge in [0.25, 0.3) is 5.69 Å². The van der Waals surface area contributed by atoms with Gasteiger partial charge in [-0.3, -0.25) is 20.3 Å². The quantitative estimate of drug-likeness (QED) is 0.295. The van der Waals surface area contributed by atoms with Crippen molar-refractivity contribution in [1.29, 1.82) is 5.41 Å². The summed E-state index contributed by atoms with van der Waals surface area (Å²) in [6, 6.07) is 7.53. The van der Waals surface area contributed by atoms with Crippen molar-refractivity contribution < 1.29 is 9.72 Å². The Morgan fingerprint density at radius 2 is 2.05 bits per heavy atom.